The lowest BCUT2D eigenvalue weighted by molar-refractivity contribution is 0.419. The summed E-state index contributed by atoms with van der Waals surface area (Å²) >= 11 is 6.11. The Bertz CT molecular complexity index is 390. The van der Waals surface area contributed by atoms with Crippen LogP contribution >= 0.6 is 11.6 Å². The van der Waals surface area contributed by atoms with E-state index in [0.717, 1.165) is 31.0 Å². The zero-order chi connectivity index (χ0) is 12.1. The van der Waals surface area contributed by atoms with Gasteiger partial charge in [0.25, 0.3) is 0 Å². The van der Waals surface area contributed by atoms with Gasteiger partial charge in [0.05, 0.1) is 0 Å². The number of nitrogens with one attached hydrogen (secondary N) is 1. The third kappa shape index (κ3) is 2.91. The Morgan fingerprint density at radius 2 is 2.06 bits per heavy atom. The molecule has 0 aromatic heterocycles. The lowest BCUT2D eigenvalue weighted by Gasteiger charge is -2.30. The highest BCUT2D eigenvalue weighted by Crippen LogP contribution is 2.37. The molecule has 0 saturated heterocycles. The predicted molar refractivity (Wildman–Crippen MR) is 74.7 cm³/mol. The molecular weight excluding hydrogens is 230 g/mol. The first kappa shape index (κ1) is 12.7. The zero-order valence-electron chi connectivity index (χ0n) is 10.4. The fraction of sp³-hybridized carbons (Fsp3) is 0.467. The molecule has 1 nitrogen and oxygen atoms in total. The van der Waals surface area contributed by atoms with E-state index >= 15 is 0 Å². The molecule has 1 aromatic carbocycles. The van der Waals surface area contributed by atoms with Crippen LogP contribution in [0.25, 0.3) is 0 Å². The van der Waals surface area contributed by atoms with Crippen molar-refractivity contribution in [3.63, 3.8) is 0 Å². The maximum absolute atomic E-state index is 6.11. The van der Waals surface area contributed by atoms with Crippen LogP contribution in [0.4, 0.5) is 0 Å². The van der Waals surface area contributed by atoms with Gasteiger partial charge in [0.1, 0.15) is 0 Å². The number of hydrogen-bond donors (Lipinski definition) is 1. The molecule has 2 rings (SSSR count). The van der Waals surface area contributed by atoms with E-state index in [0.29, 0.717) is 0 Å². The first-order chi connectivity index (χ1) is 8.27. The summed E-state index contributed by atoms with van der Waals surface area (Å²) in [6, 6.07) is 8.31. The zero-order valence-corrected chi connectivity index (χ0v) is 11.1. The number of rotatable bonds is 5. The van der Waals surface area contributed by atoms with Crippen LogP contribution in [0.3, 0.4) is 0 Å². The largest absolute Gasteiger partial charge is 0.316 e. The van der Waals surface area contributed by atoms with Crippen LogP contribution in [0.5, 0.6) is 0 Å². The first-order valence-corrected chi connectivity index (χ1v) is 6.76. The standard InChI is InChI=1S/C15H20ClN/c1-2-10-17-12-15(8-3-4-9-15)13-6-5-7-14(16)11-13/h3-7,11,17H,2,8-10,12H2,1H3. The van der Waals surface area contributed by atoms with Gasteiger partial charge in [-0.15, -0.1) is 0 Å². The molecule has 0 aliphatic heterocycles. The van der Waals surface area contributed by atoms with Gasteiger partial charge in [0.2, 0.25) is 0 Å². The number of halogens is 1. The minimum absolute atomic E-state index is 0.222. The molecular formula is C15H20ClN. The predicted octanol–water partition coefficient (Wildman–Crippen LogP) is 3.93. The molecule has 1 N–H and O–H groups in total. The number of hydrogen-bond acceptors (Lipinski definition) is 1. The second kappa shape index (κ2) is 5.70. The van der Waals surface area contributed by atoms with Crippen molar-refractivity contribution >= 4 is 11.6 Å². The highest BCUT2D eigenvalue weighted by molar-refractivity contribution is 6.30. The molecule has 0 atom stereocenters. The van der Waals surface area contributed by atoms with Gasteiger partial charge in [-0.3, -0.25) is 0 Å². The first-order valence-electron chi connectivity index (χ1n) is 6.39. The maximum atomic E-state index is 6.11. The van der Waals surface area contributed by atoms with Crippen LogP contribution in [-0.2, 0) is 5.41 Å². The molecule has 0 bridgehead atoms. The number of allylic oxidation sites excluding steroid dienone is 2. The molecule has 0 unspecified atom stereocenters. The lowest BCUT2D eigenvalue weighted by Crippen LogP contribution is -2.36. The molecule has 1 aliphatic rings. The quantitative estimate of drug-likeness (QED) is 0.616. The fourth-order valence-corrected chi connectivity index (χ4v) is 2.70. The molecule has 1 aromatic rings. The summed E-state index contributed by atoms with van der Waals surface area (Å²) in [5.74, 6) is 0. The van der Waals surface area contributed by atoms with Crippen molar-refractivity contribution in [2.75, 3.05) is 13.1 Å². The van der Waals surface area contributed by atoms with E-state index in [-0.39, 0.29) is 5.41 Å². The Morgan fingerprint density at radius 3 is 2.71 bits per heavy atom. The normalized spacial score (nSPS) is 17.5. The van der Waals surface area contributed by atoms with Crippen molar-refractivity contribution in [2.24, 2.45) is 0 Å². The van der Waals surface area contributed by atoms with Crippen LogP contribution in [0.2, 0.25) is 5.02 Å². The average Bonchev–Trinajstić information content (AvgIpc) is 2.79. The molecule has 92 valence electrons. The van der Waals surface area contributed by atoms with E-state index in [1.165, 1.54) is 12.0 Å². The van der Waals surface area contributed by atoms with Crippen molar-refractivity contribution < 1.29 is 0 Å². The van der Waals surface area contributed by atoms with Gasteiger partial charge >= 0.3 is 0 Å². The Morgan fingerprint density at radius 1 is 1.29 bits per heavy atom. The maximum Gasteiger partial charge on any atom is 0.0408 e. The summed E-state index contributed by atoms with van der Waals surface area (Å²) in [7, 11) is 0. The molecule has 0 amide bonds. The van der Waals surface area contributed by atoms with Crippen molar-refractivity contribution in [3.05, 3.63) is 47.0 Å². The summed E-state index contributed by atoms with van der Waals surface area (Å²) in [6.07, 6.45) is 7.98. The van der Waals surface area contributed by atoms with Crippen LogP contribution < -0.4 is 5.32 Å². The fourth-order valence-electron chi connectivity index (χ4n) is 2.51. The highest BCUT2D eigenvalue weighted by atomic mass is 35.5. The van der Waals surface area contributed by atoms with Gasteiger partial charge < -0.3 is 5.32 Å². The van der Waals surface area contributed by atoms with Crippen LogP contribution in [-0.4, -0.2) is 13.1 Å². The molecule has 1 aliphatic carbocycles. The summed E-state index contributed by atoms with van der Waals surface area (Å²) in [5.41, 5.74) is 1.58. The molecule has 17 heavy (non-hydrogen) atoms. The Hall–Kier alpha value is -0.790. The van der Waals surface area contributed by atoms with Crippen LogP contribution in [0, 0.1) is 0 Å². The van der Waals surface area contributed by atoms with E-state index in [2.05, 4.69) is 42.6 Å². The summed E-state index contributed by atoms with van der Waals surface area (Å²) < 4.78 is 0. The van der Waals surface area contributed by atoms with E-state index in [1.807, 2.05) is 6.07 Å². The second-order valence-corrected chi connectivity index (χ2v) is 5.28. The van der Waals surface area contributed by atoms with E-state index in [4.69, 9.17) is 11.6 Å². The molecule has 0 fully saturated rings. The van der Waals surface area contributed by atoms with E-state index in [9.17, 15) is 0 Å². The van der Waals surface area contributed by atoms with Gasteiger partial charge in [-0.2, -0.15) is 0 Å². The summed E-state index contributed by atoms with van der Waals surface area (Å²) in [5, 5.41) is 4.39. The van der Waals surface area contributed by atoms with Crippen LogP contribution in [0.15, 0.2) is 36.4 Å². The third-order valence-electron chi connectivity index (χ3n) is 3.51. The molecule has 0 radical (unpaired) electrons. The summed E-state index contributed by atoms with van der Waals surface area (Å²) in [4.78, 5) is 0. The Kier molecular flexibility index (Phi) is 4.25. The van der Waals surface area contributed by atoms with Crippen molar-refractivity contribution in [1.29, 1.82) is 0 Å². The SMILES string of the molecule is CCCNCC1(c2cccc(Cl)c2)CC=CC1. The minimum Gasteiger partial charge on any atom is -0.316 e. The molecule has 2 heteroatoms. The lowest BCUT2D eigenvalue weighted by atomic mass is 9.78. The van der Waals surface area contributed by atoms with Gasteiger partial charge in [0.15, 0.2) is 0 Å². The monoisotopic (exact) mass is 249 g/mol. The van der Waals surface area contributed by atoms with E-state index in [1.54, 1.807) is 0 Å². The number of benzene rings is 1. The smallest absolute Gasteiger partial charge is 0.0408 e. The van der Waals surface area contributed by atoms with Crippen LogP contribution in [0.1, 0.15) is 31.7 Å². The van der Waals surface area contributed by atoms with Crippen molar-refractivity contribution in [2.45, 2.75) is 31.6 Å². The summed E-state index contributed by atoms with van der Waals surface area (Å²) in [6.45, 7) is 4.32. The second-order valence-electron chi connectivity index (χ2n) is 4.85. The third-order valence-corrected chi connectivity index (χ3v) is 3.75. The minimum atomic E-state index is 0.222. The van der Waals surface area contributed by atoms with Crippen molar-refractivity contribution in [3.8, 4) is 0 Å². The van der Waals surface area contributed by atoms with Gasteiger partial charge in [-0.25, -0.2) is 0 Å². The van der Waals surface area contributed by atoms with Crippen molar-refractivity contribution in [1.82, 2.24) is 5.32 Å². The Labute approximate surface area is 109 Å². The van der Waals surface area contributed by atoms with Gasteiger partial charge in [0, 0.05) is 17.0 Å². The molecule has 0 heterocycles. The average molecular weight is 250 g/mol. The molecule has 0 saturated carbocycles. The molecule has 0 spiro atoms. The van der Waals surface area contributed by atoms with E-state index < -0.39 is 0 Å². The topological polar surface area (TPSA) is 12.0 Å². The van der Waals surface area contributed by atoms with Gasteiger partial charge in [-0.05, 0) is 43.5 Å². The van der Waals surface area contributed by atoms with Gasteiger partial charge in [-0.1, -0.05) is 42.8 Å². The Balaban J connectivity index is 2.16. The highest BCUT2D eigenvalue weighted by Gasteiger charge is 2.32.